The van der Waals surface area contributed by atoms with Gasteiger partial charge in [-0.25, -0.2) is 9.37 Å². The van der Waals surface area contributed by atoms with Gasteiger partial charge >= 0.3 is 0 Å². The van der Waals surface area contributed by atoms with Crippen molar-refractivity contribution in [2.75, 3.05) is 26.2 Å². The highest BCUT2D eigenvalue weighted by molar-refractivity contribution is 6.31. The van der Waals surface area contributed by atoms with Crippen LogP contribution in [-0.2, 0) is 0 Å². The zero-order chi connectivity index (χ0) is 23.5. The number of β-amino-alcohol motifs (C(OH)–C–C–N with tert-alkyl or cyclic N) is 1. The first kappa shape index (κ1) is 22.8. The van der Waals surface area contributed by atoms with Gasteiger partial charge in [0.1, 0.15) is 24.3 Å². The number of rotatable bonds is 7. The summed E-state index contributed by atoms with van der Waals surface area (Å²) in [6, 6.07) is 21.7. The minimum Gasteiger partial charge on any atom is -0.491 e. The normalized spacial score (nSPS) is 15.0. The van der Waals surface area contributed by atoms with Crippen LogP contribution in [0.15, 0.2) is 72.8 Å². The number of halogens is 2. The van der Waals surface area contributed by atoms with Crippen molar-refractivity contribution < 1.29 is 14.2 Å². The van der Waals surface area contributed by atoms with Crippen LogP contribution in [0.25, 0.3) is 33.3 Å². The number of pyridine rings is 1. The summed E-state index contributed by atoms with van der Waals surface area (Å²) in [5.41, 5.74) is 3.61. The van der Waals surface area contributed by atoms with E-state index in [-0.39, 0.29) is 12.4 Å². The van der Waals surface area contributed by atoms with E-state index in [1.54, 1.807) is 18.2 Å². The van der Waals surface area contributed by atoms with Crippen molar-refractivity contribution in [3.05, 3.63) is 83.6 Å². The Morgan fingerprint density at radius 3 is 2.50 bits per heavy atom. The predicted molar refractivity (Wildman–Crippen MR) is 135 cm³/mol. The summed E-state index contributed by atoms with van der Waals surface area (Å²) >= 11 is 6.24. The van der Waals surface area contributed by atoms with Gasteiger partial charge in [-0.3, -0.25) is 0 Å². The van der Waals surface area contributed by atoms with Crippen LogP contribution in [0.4, 0.5) is 4.39 Å². The van der Waals surface area contributed by atoms with E-state index in [2.05, 4.69) is 4.90 Å². The quantitative estimate of drug-likeness (QED) is 0.345. The maximum absolute atomic E-state index is 14.7. The van der Waals surface area contributed by atoms with Crippen molar-refractivity contribution in [3.63, 3.8) is 0 Å². The number of fused-ring (bicyclic) bond motifs is 1. The molecule has 1 N–H and O–H groups in total. The third-order valence-corrected chi connectivity index (χ3v) is 6.43. The van der Waals surface area contributed by atoms with Crippen LogP contribution in [-0.4, -0.2) is 47.3 Å². The van der Waals surface area contributed by atoms with Crippen LogP contribution < -0.4 is 4.74 Å². The molecule has 0 saturated carbocycles. The molecular weight excluding hydrogens is 451 g/mol. The summed E-state index contributed by atoms with van der Waals surface area (Å²) < 4.78 is 20.5. The van der Waals surface area contributed by atoms with Gasteiger partial charge in [-0.2, -0.15) is 0 Å². The molecule has 3 aromatic carbocycles. The number of hydrogen-bond acceptors (Lipinski definition) is 4. The number of ether oxygens (including phenoxy) is 1. The molecule has 34 heavy (non-hydrogen) atoms. The molecule has 1 saturated heterocycles. The van der Waals surface area contributed by atoms with Gasteiger partial charge in [0.25, 0.3) is 0 Å². The highest BCUT2D eigenvalue weighted by Gasteiger charge is 2.16. The summed E-state index contributed by atoms with van der Waals surface area (Å²) in [6.45, 7) is 2.99. The zero-order valence-electron chi connectivity index (χ0n) is 18.8. The first-order valence-corrected chi connectivity index (χ1v) is 11.9. The first-order valence-electron chi connectivity index (χ1n) is 11.6. The van der Waals surface area contributed by atoms with E-state index in [9.17, 15) is 9.50 Å². The maximum atomic E-state index is 14.7. The van der Waals surface area contributed by atoms with E-state index in [4.69, 9.17) is 21.3 Å². The molecule has 1 aliphatic heterocycles. The second-order valence-corrected chi connectivity index (χ2v) is 9.13. The lowest BCUT2D eigenvalue weighted by atomic mass is 9.98. The minimum absolute atomic E-state index is 0.252. The molecule has 1 aliphatic rings. The van der Waals surface area contributed by atoms with Crippen LogP contribution in [0.2, 0.25) is 5.02 Å². The number of nitrogens with zero attached hydrogens (tertiary/aromatic N) is 2. The lowest BCUT2D eigenvalue weighted by Gasteiger charge is -2.19. The summed E-state index contributed by atoms with van der Waals surface area (Å²) in [7, 11) is 0. The molecule has 0 bridgehead atoms. The molecule has 0 aliphatic carbocycles. The highest BCUT2D eigenvalue weighted by atomic mass is 35.5. The second kappa shape index (κ2) is 10.1. The van der Waals surface area contributed by atoms with Crippen molar-refractivity contribution in [2.45, 2.75) is 18.9 Å². The number of likely N-dealkylation sites (tertiary alicyclic amines) is 1. The molecule has 1 fully saturated rings. The lowest BCUT2D eigenvalue weighted by molar-refractivity contribution is 0.0758. The fraction of sp³-hybridized carbons (Fsp3) is 0.250. The van der Waals surface area contributed by atoms with Gasteiger partial charge in [-0.05, 0) is 86.1 Å². The number of benzene rings is 3. The second-order valence-electron chi connectivity index (χ2n) is 8.69. The summed E-state index contributed by atoms with van der Waals surface area (Å²) in [6.07, 6.45) is 1.88. The largest absolute Gasteiger partial charge is 0.491 e. The Labute approximate surface area is 203 Å². The van der Waals surface area contributed by atoms with Crippen molar-refractivity contribution in [2.24, 2.45) is 0 Å². The number of aromatic nitrogens is 1. The predicted octanol–water partition coefficient (Wildman–Crippen LogP) is 6.20. The SMILES string of the molecule is OC(COc1ccc(-c2cc(-c3ccccc3F)c3cc(Cl)ccc3n2)cc1)CN1CCCC1. The fourth-order valence-corrected chi connectivity index (χ4v) is 4.65. The lowest BCUT2D eigenvalue weighted by Crippen LogP contribution is -2.33. The third-order valence-electron chi connectivity index (χ3n) is 6.19. The number of aliphatic hydroxyl groups is 1. The van der Waals surface area contributed by atoms with Crippen LogP contribution >= 0.6 is 11.6 Å². The molecule has 0 spiro atoms. The average Bonchev–Trinajstić information content (AvgIpc) is 3.36. The van der Waals surface area contributed by atoms with E-state index in [0.717, 1.165) is 40.8 Å². The van der Waals surface area contributed by atoms with Crippen LogP contribution in [0, 0.1) is 5.82 Å². The van der Waals surface area contributed by atoms with Gasteiger partial charge in [0.15, 0.2) is 0 Å². The van der Waals surface area contributed by atoms with E-state index in [1.165, 1.54) is 18.9 Å². The van der Waals surface area contributed by atoms with E-state index in [1.807, 2.05) is 48.5 Å². The summed E-state index contributed by atoms with van der Waals surface area (Å²) in [5, 5.41) is 11.6. The van der Waals surface area contributed by atoms with Crippen molar-refractivity contribution >= 4 is 22.5 Å². The smallest absolute Gasteiger partial charge is 0.131 e. The monoisotopic (exact) mass is 476 g/mol. The van der Waals surface area contributed by atoms with Crippen LogP contribution in [0.3, 0.4) is 0 Å². The third kappa shape index (κ3) is 5.07. The van der Waals surface area contributed by atoms with Gasteiger partial charge in [0, 0.05) is 28.1 Å². The average molecular weight is 477 g/mol. The van der Waals surface area contributed by atoms with Crippen LogP contribution in [0.5, 0.6) is 5.75 Å². The molecule has 4 nitrogen and oxygen atoms in total. The fourth-order valence-electron chi connectivity index (χ4n) is 4.48. The van der Waals surface area contributed by atoms with Crippen LogP contribution in [0.1, 0.15) is 12.8 Å². The Balaban J connectivity index is 1.39. The topological polar surface area (TPSA) is 45.6 Å². The standard InChI is InChI=1S/C28H26ClFN2O2/c29-20-9-12-27-25(15-20)24(23-5-1-2-6-26(23)30)16-28(31-27)19-7-10-22(11-8-19)34-18-21(33)17-32-13-3-4-14-32/h1-2,5-12,15-16,21,33H,3-4,13-14,17-18H2. The minimum atomic E-state index is -0.518. The molecule has 1 aromatic heterocycles. The Morgan fingerprint density at radius 2 is 1.74 bits per heavy atom. The molecule has 0 amide bonds. The number of aliphatic hydroxyl groups excluding tert-OH is 1. The molecule has 5 rings (SSSR count). The molecule has 4 aromatic rings. The molecule has 174 valence electrons. The van der Waals surface area contributed by atoms with Gasteiger partial charge in [-0.1, -0.05) is 29.8 Å². The van der Waals surface area contributed by atoms with Crippen molar-refractivity contribution in [1.29, 1.82) is 0 Å². The summed E-state index contributed by atoms with van der Waals surface area (Å²) in [5.74, 6) is 0.392. The molecule has 2 heterocycles. The Hall–Kier alpha value is -2.99. The first-order chi connectivity index (χ1) is 16.6. The molecule has 1 unspecified atom stereocenters. The van der Waals surface area contributed by atoms with E-state index < -0.39 is 6.10 Å². The zero-order valence-corrected chi connectivity index (χ0v) is 19.5. The Bertz CT molecular complexity index is 1290. The molecule has 1 atom stereocenters. The van der Waals surface area contributed by atoms with E-state index in [0.29, 0.717) is 22.9 Å². The van der Waals surface area contributed by atoms with E-state index >= 15 is 0 Å². The summed E-state index contributed by atoms with van der Waals surface area (Å²) in [4.78, 5) is 7.06. The van der Waals surface area contributed by atoms with Gasteiger partial charge < -0.3 is 14.7 Å². The van der Waals surface area contributed by atoms with Gasteiger partial charge in [0.05, 0.1) is 11.2 Å². The van der Waals surface area contributed by atoms with Gasteiger partial charge in [-0.15, -0.1) is 0 Å². The molecule has 6 heteroatoms. The van der Waals surface area contributed by atoms with Crippen molar-refractivity contribution in [1.82, 2.24) is 9.88 Å². The van der Waals surface area contributed by atoms with Crippen molar-refractivity contribution in [3.8, 4) is 28.1 Å². The Kier molecular flexibility index (Phi) is 6.77. The Morgan fingerprint density at radius 1 is 0.971 bits per heavy atom. The van der Waals surface area contributed by atoms with Gasteiger partial charge in [0.2, 0.25) is 0 Å². The molecule has 0 radical (unpaired) electrons. The highest BCUT2D eigenvalue weighted by Crippen LogP contribution is 2.35. The maximum Gasteiger partial charge on any atom is 0.131 e. The molecular formula is C28H26ClFN2O2. The number of hydrogen-bond donors (Lipinski definition) is 1.